The van der Waals surface area contributed by atoms with Gasteiger partial charge in [0.25, 0.3) is 5.91 Å². The van der Waals surface area contributed by atoms with Gasteiger partial charge in [-0.2, -0.15) is 4.99 Å². The zero-order chi connectivity index (χ0) is 22.2. The largest absolute Gasteiger partial charge is 0.486 e. The fourth-order valence-electron chi connectivity index (χ4n) is 3.90. The standard InChI is InChI=1S/C23H21N3O5S/c1-2-9-25-16-12-17-18(31-11-10-30-17)13-19(16)32-23(25)24-22(29)14-3-5-15(6-4-14)26-20(27)7-8-21(26)28/h3-6,12-13H,2,7-11H2,1H3. The topological polar surface area (TPSA) is 90.2 Å². The van der Waals surface area contributed by atoms with E-state index in [1.54, 1.807) is 24.3 Å². The van der Waals surface area contributed by atoms with Crippen LogP contribution in [0.4, 0.5) is 5.69 Å². The molecule has 2 aliphatic heterocycles. The Morgan fingerprint density at radius 2 is 1.69 bits per heavy atom. The second kappa shape index (κ2) is 8.23. The zero-order valence-electron chi connectivity index (χ0n) is 17.5. The molecule has 0 bridgehead atoms. The Hall–Kier alpha value is -3.46. The number of carbonyl (C=O) groups excluding carboxylic acids is 3. The summed E-state index contributed by atoms with van der Waals surface area (Å²) in [6.45, 7) is 3.81. The number of rotatable bonds is 4. The number of hydrogen-bond acceptors (Lipinski definition) is 6. The molecule has 0 saturated carbocycles. The van der Waals surface area contributed by atoms with Gasteiger partial charge < -0.3 is 14.0 Å². The van der Waals surface area contributed by atoms with Crippen LogP contribution in [0.2, 0.25) is 0 Å². The Balaban J connectivity index is 1.50. The van der Waals surface area contributed by atoms with Gasteiger partial charge in [-0.3, -0.25) is 19.3 Å². The van der Waals surface area contributed by atoms with Gasteiger partial charge in [0.15, 0.2) is 16.3 Å². The summed E-state index contributed by atoms with van der Waals surface area (Å²) in [6, 6.07) is 10.3. The molecule has 0 spiro atoms. The van der Waals surface area contributed by atoms with Crippen LogP contribution in [0.1, 0.15) is 36.5 Å². The Bertz CT molecular complexity index is 1290. The van der Waals surface area contributed by atoms with Gasteiger partial charge in [-0.15, -0.1) is 0 Å². The molecule has 1 saturated heterocycles. The molecule has 32 heavy (non-hydrogen) atoms. The molecule has 0 aliphatic carbocycles. The Morgan fingerprint density at radius 3 is 2.34 bits per heavy atom. The molecular weight excluding hydrogens is 430 g/mol. The summed E-state index contributed by atoms with van der Waals surface area (Å²) in [4.78, 5) is 42.9. The van der Waals surface area contributed by atoms with Crippen molar-refractivity contribution in [2.75, 3.05) is 18.1 Å². The van der Waals surface area contributed by atoms with Crippen molar-refractivity contribution < 1.29 is 23.9 Å². The van der Waals surface area contributed by atoms with Gasteiger partial charge in [0.1, 0.15) is 13.2 Å². The number of hydrogen-bond donors (Lipinski definition) is 0. The van der Waals surface area contributed by atoms with Gasteiger partial charge in [-0.1, -0.05) is 18.3 Å². The van der Waals surface area contributed by atoms with Gasteiger partial charge in [-0.25, -0.2) is 0 Å². The van der Waals surface area contributed by atoms with Crippen molar-refractivity contribution in [3.05, 3.63) is 46.8 Å². The van der Waals surface area contributed by atoms with Crippen LogP contribution in [0, 0.1) is 0 Å². The summed E-state index contributed by atoms with van der Waals surface area (Å²) in [6.07, 6.45) is 1.32. The van der Waals surface area contributed by atoms with Gasteiger partial charge in [0.05, 0.1) is 15.9 Å². The lowest BCUT2D eigenvalue weighted by molar-refractivity contribution is -0.121. The third-order valence-corrected chi connectivity index (χ3v) is 6.46. The van der Waals surface area contributed by atoms with Crippen LogP contribution < -0.4 is 19.2 Å². The van der Waals surface area contributed by atoms with Crippen molar-refractivity contribution in [1.29, 1.82) is 0 Å². The molecule has 2 aromatic carbocycles. The van der Waals surface area contributed by atoms with Crippen LogP contribution in [0.15, 0.2) is 41.4 Å². The number of benzene rings is 2. The van der Waals surface area contributed by atoms with Gasteiger partial charge in [0.2, 0.25) is 11.8 Å². The number of fused-ring (bicyclic) bond motifs is 2. The maximum atomic E-state index is 12.9. The minimum Gasteiger partial charge on any atom is -0.486 e. The second-order valence-corrected chi connectivity index (χ2v) is 8.60. The molecule has 3 amide bonds. The van der Waals surface area contributed by atoms with E-state index in [-0.39, 0.29) is 30.6 Å². The fraction of sp³-hybridized carbons (Fsp3) is 0.304. The van der Waals surface area contributed by atoms with Gasteiger partial charge in [-0.05, 0) is 30.7 Å². The molecule has 1 aromatic heterocycles. The lowest BCUT2D eigenvalue weighted by Crippen LogP contribution is -2.28. The summed E-state index contributed by atoms with van der Waals surface area (Å²) >= 11 is 1.43. The molecular formula is C23H21N3O5S. The predicted octanol–water partition coefficient (Wildman–Crippen LogP) is 3.28. The first-order chi connectivity index (χ1) is 15.5. The van der Waals surface area contributed by atoms with E-state index >= 15 is 0 Å². The molecule has 2 aliphatic rings. The Labute approximate surface area is 187 Å². The van der Waals surface area contributed by atoms with E-state index in [0.717, 1.165) is 16.6 Å². The monoisotopic (exact) mass is 451 g/mol. The van der Waals surface area contributed by atoms with Crippen LogP contribution in [-0.4, -0.2) is 35.5 Å². The van der Waals surface area contributed by atoms with E-state index in [1.165, 1.54) is 16.2 Å². The molecule has 3 aromatic rings. The van der Waals surface area contributed by atoms with Crippen LogP contribution in [0.5, 0.6) is 11.5 Å². The first-order valence-corrected chi connectivity index (χ1v) is 11.3. The van der Waals surface area contributed by atoms with Crippen LogP contribution in [0.3, 0.4) is 0 Å². The molecule has 1 fully saturated rings. The van der Waals surface area contributed by atoms with Crippen LogP contribution in [-0.2, 0) is 16.1 Å². The van der Waals surface area contributed by atoms with E-state index in [9.17, 15) is 14.4 Å². The third kappa shape index (κ3) is 3.58. The summed E-state index contributed by atoms with van der Waals surface area (Å²) in [5.74, 6) is 0.573. The molecule has 0 unspecified atom stereocenters. The van der Waals surface area contributed by atoms with E-state index in [1.807, 2.05) is 16.7 Å². The highest BCUT2D eigenvalue weighted by molar-refractivity contribution is 7.16. The average Bonchev–Trinajstić information content (AvgIpc) is 3.31. The molecule has 0 radical (unpaired) electrons. The van der Waals surface area contributed by atoms with Crippen LogP contribution >= 0.6 is 11.3 Å². The first-order valence-electron chi connectivity index (χ1n) is 10.5. The quantitative estimate of drug-likeness (QED) is 0.568. The van der Waals surface area contributed by atoms with Crippen molar-refractivity contribution in [2.45, 2.75) is 32.7 Å². The minimum atomic E-state index is -0.385. The summed E-state index contributed by atoms with van der Waals surface area (Å²) in [5, 5.41) is 0. The van der Waals surface area contributed by atoms with Gasteiger partial charge >= 0.3 is 0 Å². The van der Waals surface area contributed by atoms with Crippen molar-refractivity contribution in [1.82, 2.24) is 4.57 Å². The first kappa shape index (κ1) is 20.4. The minimum absolute atomic E-state index is 0.220. The Morgan fingerprint density at radius 1 is 1.03 bits per heavy atom. The highest BCUT2D eigenvalue weighted by Crippen LogP contribution is 2.35. The number of carbonyl (C=O) groups is 3. The normalized spacial score (nSPS) is 16.3. The SMILES string of the molecule is CCCn1c(=NC(=O)c2ccc(N3C(=O)CCC3=O)cc2)sc2cc3c(cc21)OCCO3. The average molecular weight is 452 g/mol. The maximum Gasteiger partial charge on any atom is 0.279 e. The molecule has 3 heterocycles. The number of nitrogens with zero attached hydrogens (tertiary/aromatic N) is 3. The zero-order valence-corrected chi connectivity index (χ0v) is 18.3. The summed E-state index contributed by atoms with van der Waals surface area (Å²) in [7, 11) is 0. The lowest BCUT2D eigenvalue weighted by Gasteiger charge is -2.18. The number of ether oxygens (including phenoxy) is 2. The predicted molar refractivity (Wildman–Crippen MR) is 119 cm³/mol. The van der Waals surface area contributed by atoms with E-state index in [4.69, 9.17) is 9.47 Å². The van der Waals surface area contributed by atoms with E-state index in [2.05, 4.69) is 11.9 Å². The van der Waals surface area contributed by atoms with Crippen molar-refractivity contribution in [3.8, 4) is 11.5 Å². The molecule has 164 valence electrons. The number of aryl methyl sites for hydroxylation is 1. The summed E-state index contributed by atoms with van der Waals surface area (Å²) in [5.41, 5.74) is 1.82. The van der Waals surface area contributed by atoms with E-state index < -0.39 is 0 Å². The number of amides is 3. The second-order valence-electron chi connectivity index (χ2n) is 7.59. The number of imide groups is 1. The highest BCUT2D eigenvalue weighted by Gasteiger charge is 2.30. The third-order valence-electron chi connectivity index (χ3n) is 5.42. The van der Waals surface area contributed by atoms with Crippen molar-refractivity contribution >= 4 is 45.0 Å². The Kier molecular flexibility index (Phi) is 5.26. The fourth-order valence-corrected chi connectivity index (χ4v) is 4.97. The van der Waals surface area contributed by atoms with E-state index in [0.29, 0.717) is 47.3 Å². The lowest BCUT2D eigenvalue weighted by atomic mass is 10.2. The number of thiazole rings is 1. The smallest absolute Gasteiger partial charge is 0.279 e. The van der Waals surface area contributed by atoms with Crippen LogP contribution in [0.25, 0.3) is 10.2 Å². The molecule has 0 atom stereocenters. The van der Waals surface area contributed by atoms with Crippen molar-refractivity contribution in [2.24, 2.45) is 4.99 Å². The van der Waals surface area contributed by atoms with Crippen molar-refractivity contribution in [3.63, 3.8) is 0 Å². The molecule has 9 heteroatoms. The summed E-state index contributed by atoms with van der Waals surface area (Å²) < 4.78 is 14.4. The maximum absolute atomic E-state index is 12.9. The highest BCUT2D eigenvalue weighted by atomic mass is 32.1. The number of aromatic nitrogens is 1. The van der Waals surface area contributed by atoms with Gasteiger partial charge in [0, 0.05) is 37.1 Å². The molecule has 8 nitrogen and oxygen atoms in total. The molecule has 0 N–H and O–H groups in total. The number of anilines is 1. The molecule has 5 rings (SSSR count).